The average molecular weight is 517 g/mol. The van der Waals surface area contributed by atoms with Crippen molar-refractivity contribution in [2.75, 3.05) is 51.5 Å². The zero-order valence-corrected chi connectivity index (χ0v) is 21.1. The van der Waals surface area contributed by atoms with Crippen molar-refractivity contribution in [3.63, 3.8) is 0 Å². The molecule has 2 amide bonds. The Morgan fingerprint density at radius 1 is 1.17 bits per heavy atom. The summed E-state index contributed by atoms with van der Waals surface area (Å²) < 4.78 is 22.7. The molecule has 10 heteroatoms. The van der Waals surface area contributed by atoms with Crippen LogP contribution < -0.4 is 19.1 Å². The molecule has 2 heterocycles. The number of nitrogens with zero attached hydrogens (tertiary/aromatic N) is 2. The third kappa shape index (κ3) is 6.27. The Hall–Kier alpha value is -3.30. The number of ketones is 1. The van der Waals surface area contributed by atoms with Crippen molar-refractivity contribution in [3.05, 3.63) is 47.0 Å². The number of amides is 2. The van der Waals surface area contributed by atoms with Gasteiger partial charge in [0.25, 0.3) is 5.91 Å². The van der Waals surface area contributed by atoms with Crippen LogP contribution in [0.2, 0.25) is 5.02 Å². The van der Waals surface area contributed by atoms with Crippen LogP contribution in [-0.4, -0.2) is 75.2 Å². The van der Waals surface area contributed by atoms with Crippen molar-refractivity contribution >= 4 is 34.9 Å². The van der Waals surface area contributed by atoms with Crippen molar-refractivity contribution < 1.29 is 33.3 Å². The van der Waals surface area contributed by atoms with E-state index in [9.17, 15) is 14.4 Å². The topological polar surface area (TPSA) is 94.6 Å². The molecule has 1 saturated heterocycles. The van der Waals surface area contributed by atoms with Crippen LogP contribution in [0, 0.1) is 0 Å². The Balaban J connectivity index is 1.35. The highest BCUT2D eigenvalue weighted by Crippen LogP contribution is 2.34. The first-order valence-corrected chi connectivity index (χ1v) is 12.1. The number of ether oxygens (including phenoxy) is 4. The number of methoxy groups -OCH3 is 1. The molecule has 2 aromatic rings. The molecule has 0 N–H and O–H groups in total. The number of morpholine rings is 1. The minimum Gasteiger partial charge on any atom is -0.493 e. The fourth-order valence-corrected chi connectivity index (χ4v) is 4.29. The average Bonchev–Trinajstić information content (AvgIpc) is 2.88. The van der Waals surface area contributed by atoms with Crippen LogP contribution in [0.15, 0.2) is 36.4 Å². The van der Waals surface area contributed by atoms with Gasteiger partial charge in [-0.25, -0.2) is 0 Å². The molecule has 1 atom stereocenters. The van der Waals surface area contributed by atoms with Crippen LogP contribution in [0.4, 0.5) is 5.69 Å². The zero-order chi connectivity index (χ0) is 25.7. The molecule has 1 fully saturated rings. The number of benzene rings is 2. The van der Waals surface area contributed by atoms with Crippen molar-refractivity contribution in [1.29, 1.82) is 0 Å². The third-order valence-corrected chi connectivity index (χ3v) is 6.30. The maximum atomic E-state index is 13.1. The van der Waals surface area contributed by atoms with E-state index in [0.29, 0.717) is 60.5 Å². The second-order valence-electron chi connectivity index (χ2n) is 8.71. The molecule has 2 aliphatic rings. The van der Waals surface area contributed by atoms with E-state index in [0.717, 1.165) is 5.56 Å². The normalized spacial score (nSPS) is 17.3. The van der Waals surface area contributed by atoms with Crippen LogP contribution in [-0.2, 0) is 25.5 Å². The molecule has 1 unspecified atom stereocenters. The van der Waals surface area contributed by atoms with Gasteiger partial charge in [0, 0.05) is 18.0 Å². The van der Waals surface area contributed by atoms with Crippen LogP contribution >= 0.6 is 11.6 Å². The first kappa shape index (κ1) is 25.8. The molecule has 0 bridgehead atoms. The van der Waals surface area contributed by atoms with E-state index >= 15 is 0 Å². The number of hydrogen-bond donors (Lipinski definition) is 0. The summed E-state index contributed by atoms with van der Waals surface area (Å²) in [5.41, 5.74) is 1.47. The molecular weight excluding hydrogens is 488 g/mol. The number of rotatable bonds is 9. The van der Waals surface area contributed by atoms with Gasteiger partial charge in [-0.05, 0) is 49.2 Å². The van der Waals surface area contributed by atoms with Gasteiger partial charge in [-0.3, -0.25) is 14.5 Å². The molecule has 0 spiro atoms. The van der Waals surface area contributed by atoms with Gasteiger partial charge in [0.2, 0.25) is 5.91 Å². The Bertz CT molecular complexity index is 1140. The van der Waals surface area contributed by atoms with E-state index in [2.05, 4.69) is 0 Å². The van der Waals surface area contributed by atoms with Gasteiger partial charge in [0.15, 0.2) is 18.1 Å². The molecule has 0 saturated carbocycles. The fourth-order valence-electron chi connectivity index (χ4n) is 4.12. The molecule has 0 radical (unpaired) electrons. The maximum absolute atomic E-state index is 13.1. The number of Topliss-reactive ketones (excluding diaryl/α,β-unsaturated/α-hetero) is 1. The SMILES string of the molecule is COc1cc(CCC(C)=O)ccc1OCC1CN(C(=O)CN2C(=O)COc3ccc(Cl)cc32)CCO1. The van der Waals surface area contributed by atoms with Gasteiger partial charge in [0.05, 0.1) is 25.9 Å². The minimum absolute atomic E-state index is 0.112. The molecule has 0 aromatic heterocycles. The molecular formula is C26H29ClN2O7. The molecule has 2 aliphatic heterocycles. The monoisotopic (exact) mass is 516 g/mol. The lowest BCUT2D eigenvalue weighted by Crippen LogP contribution is -2.52. The van der Waals surface area contributed by atoms with Crippen LogP contribution in [0.25, 0.3) is 0 Å². The van der Waals surface area contributed by atoms with Crippen LogP contribution in [0.5, 0.6) is 17.2 Å². The van der Waals surface area contributed by atoms with E-state index in [1.54, 1.807) is 37.1 Å². The zero-order valence-electron chi connectivity index (χ0n) is 20.3. The molecule has 9 nitrogen and oxygen atoms in total. The lowest BCUT2D eigenvalue weighted by atomic mass is 10.1. The lowest BCUT2D eigenvalue weighted by Gasteiger charge is -2.35. The number of carbonyl (C=O) groups is 3. The van der Waals surface area contributed by atoms with E-state index < -0.39 is 0 Å². The highest BCUT2D eigenvalue weighted by Gasteiger charge is 2.31. The predicted molar refractivity (Wildman–Crippen MR) is 133 cm³/mol. The van der Waals surface area contributed by atoms with E-state index in [-0.39, 0.29) is 43.5 Å². The summed E-state index contributed by atoms with van der Waals surface area (Å²) in [6.07, 6.45) is 0.765. The van der Waals surface area contributed by atoms with Crippen LogP contribution in [0.1, 0.15) is 18.9 Å². The van der Waals surface area contributed by atoms with Gasteiger partial charge in [0.1, 0.15) is 30.8 Å². The smallest absolute Gasteiger partial charge is 0.265 e. The highest BCUT2D eigenvalue weighted by molar-refractivity contribution is 6.31. The van der Waals surface area contributed by atoms with Gasteiger partial charge in [-0.2, -0.15) is 0 Å². The Morgan fingerprint density at radius 2 is 2.00 bits per heavy atom. The van der Waals surface area contributed by atoms with Crippen molar-refractivity contribution in [2.24, 2.45) is 0 Å². The van der Waals surface area contributed by atoms with Crippen molar-refractivity contribution in [1.82, 2.24) is 4.90 Å². The lowest BCUT2D eigenvalue weighted by molar-refractivity contribution is -0.139. The number of carbonyl (C=O) groups excluding carboxylic acids is 3. The Labute approximate surface area is 214 Å². The van der Waals surface area contributed by atoms with Gasteiger partial charge < -0.3 is 28.6 Å². The Kier molecular flexibility index (Phi) is 8.32. The number of hydrogen-bond acceptors (Lipinski definition) is 7. The van der Waals surface area contributed by atoms with E-state index in [1.165, 1.54) is 4.90 Å². The summed E-state index contributed by atoms with van der Waals surface area (Å²) in [5.74, 6) is 1.28. The molecule has 36 heavy (non-hydrogen) atoms. The number of anilines is 1. The summed E-state index contributed by atoms with van der Waals surface area (Å²) in [6.45, 7) is 2.67. The summed E-state index contributed by atoms with van der Waals surface area (Å²) in [4.78, 5) is 39.9. The van der Waals surface area contributed by atoms with E-state index in [1.807, 2.05) is 18.2 Å². The predicted octanol–water partition coefficient (Wildman–Crippen LogP) is 2.90. The fraction of sp³-hybridized carbons (Fsp3) is 0.423. The molecule has 0 aliphatic carbocycles. The molecule has 2 aromatic carbocycles. The standard InChI is InChI=1S/C26H29ClN2O7/c1-17(30)3-4-18-5-7-23(24(11-18)33-2)35-15-20-13-28(9-10-34-20)25(31)14-29-21-12-19(27)6-8-22(21)36-16-26(29)32/h5-8,11-12,20H,3-4,9-10,13-16H2,1-2H3. The van der Waals surface area contributed by atoms with E-state index in [4.69, 9.17) is 30.5 Å². The second kappa shape index (κ2) is 11.6. The first-order chi connectivity index (χ1) is 17.3. The number of halogens is 1. The third-order valence-electron chi connectivity index (χ3n) is 6.07. The first-order valence-electron chi connectivity index (χ1n) is 11.7. The quantitative estimate of drug-likeness (QED) is 0.506. The number of fused-ring (bicyclic) bond motifs is 1. The minimum atomic E-state index is -0.341. The van der Waals surface area contributed by atoms with Gasteiger partial charge in [-0.15, -0.1) is 0 Å². The summed E-state index contributed by atoms with van der Waals surface area (Å²) in [7, 11) is 1.56. The summed E-state index contributed by atoms with van der Waals surface area (Å²) in [5, 5.41) is 0.454. The van der Waals surface area contributed by atoms with Gasteiger partial charge in [-0.1, -0.05) is 17.7 Å². The molecule has 192 valence electrons. The number of aryl methyl sites for hydroxylation is 1. The maximum Gasteiger partial charge on any atom is 0.265 e. The summed E-state index contributed by atoms with van der Waals surface area (Å²) >= 11 is 6.10. The molecule has 4 rings (SSSR count). The van der Waals surface area contributed by atoms with Crippen molar-refractivity contribution in [3.8, 4) is 17.2 Å². The van der Waals surface area contributed by atoms with Gasteiger partial charge >= 0.3 is 0 Å². The Morgan fingerprint density at radius 3 is 2.78 bits per heavy atom. The van der Waals surface area contributed by atoms with Crippen molar-refractivity contribution in [2.45, 2.75) is 25.9 Å². The highest BCUT2D eigenvalue weighted by atomic mass is 35.5. The largest absolute Gasteiger partial charge is 0.493 e. The summed E-state index contributed by atoms with van der Waals surface area (Å²) in [6, 6.07) is 10.6. The van der Waals surface area contributed by atoms with Crippen LogP contribution in [0.3, 0.4) is 0 Å². The second-order valence-corrected chi connectivity index (χ2v) is 9.15.